The van der Waals surface area contributed by atoms with Crippen LogP contribution in [0.4, 0.5) is 24.5 Å². The second-order valence-electron chi connectivity index (χ2n) is 5.41. The van der Waals surface area contributed by atoms with Crippen LogP contribution < -0.4 is 4.90 Å². The number of amides is 1. The molecule has 1 heterocycles. The van der Waals surface area contributed by atoms with Gasteiger partial charge in [0.05, 0.1) is 5.69 Å². The van der Waals surface area contributed by atoms with Gasteiger partial charge in [0.15, 0.2) is 0 Å². The Labute approximate surface area is 162 Å². The van der Waals surface area contributed by atoms with E-state index in [2.05, 4.69) is 5.10 Å². The van der Waals surface area contributed by atoms with E-state index < -0.39 is 11.6 Å². The van der Waals surface area contributed by atoms with Crippen LogP contribution in [0.3, 0.4) is 0 Å². The van der Waals surface area contributed by atoms with Gasteiger partial charge in [-0.3, -0.25) is 14.4 Å². The number of carbonyl (C=O) groups is 1. The number of anilines is 2. The summed E-state index contributed by atoms with van der Waals surface area (Å²) in [6, 6.07) is 8.83. The van der Waals surface area contributed by atoms with Crippen LogP contribution in [0.5, 0.6) is 0 Å². The molecule has 0 aliphatic carbocycles. The van der Waals surface area contributed by atoms with Crippen LogP contribution in [-0.4, -0.2) is 22.4 Å². The number of aromatic nitrogens is 2. The zero-order valence-electron chi connectivity index (χ0n) is 14.3. The molecule has 0 radical (unpaired) electrons. The summed E-state index contributed by atoms with van der Waals surface area (Å²) >= 11 is 2.54. The Morgan fingerprint density at radius 2 is 1.74 bits per heavy atom. The first-order valence-electron chi connectivity index (χ1n) is 7.68. The third kappa shape index (κ3) is 3.98. The highest BCUT2D eigenvalue weighted by molar-refractivity contribution is 8.00. The zero-order valence-corrected chi connectivity index (χ0v) is 16.0. The molecule has 9 heteroatoms. The highest BCUT2D eigenvalue weighted by Crippen LogP contribution is 2.43. The van der Waals surface area contributed by atoms with Gasteiger partial charge < -0.3 is 0 Å². The lowest BCUT2D eigenvalue weighted by atomic mass is 10.2. The van der Waals surface area contributed by atoms with E-state index >= 15 is 0 Å². The molecule has 0 aliphatic heterocycles. The predicted octanol–water partition coefficient (Wildman–Crippen LogP) is 5.01. The number of aryl methyl sites for hydroxylation is 1. The number of hydrogen-bond acceptors (Lipinski definition) is 4. The standard InChI is InChI=1S/C18H14F3N3OS2/c1-23-18(27-13-6-3-11(19)4-7-13)16(17(22-23)26-2)24(10-25)15-8-5-12(20)9-14(15)21/h3-10H,1-2H3. The van der Waals surface area contributed by atoms with E-state index in [0.29, 0.717) is 28.2 Å². The average Bonchev–Trinajstić information content (AvgIpc) is 2.95. The van der Waals surface area contributed by atoms with Crippen molar-refractivity contribution < 1.29 is 18.0 Å². The van der Waals surface area contributed by atoms with Gasteiger partial charge in [0.2, 0.25) is 6.41 Å². The molecule has 4 nitrogen and oxygen atoms in total. The molecule has 1 aromatic heterocycles. The van der Waals surface area contributed by atoms with E-state index in [9.17, 15) is 18.0 Å². The van der Waals surface area contributed by atoms with E-state index in [4.69, 9.17) is 0 Å². The number of benzene rings is 2. The van der Waals surface area contributed by atoms with E-state index in [1.54, 1.807) is 30.1 Å². The van der Waals surface area contributed by atoms with Gasteiger partial charge in [0.25, 0.3) is 0 Å². The molecule has 0 saturated carbocycles. The second-order valence-corrected chi connectivity index (χ2v) is 7.27. The monoisotopic (exact) mass is 409 g/mol. The van der Waals surface area contributed by atoms with Crippen LogP contribution in [0, 0.1) is 17.5 Å². The first-order valence-corrected chi connectivity index (χ1v) is 9.72. The first-order chi connectivity index (χ1) is 12.9. The van der Waals surface area contributed by atoms with Gasteiger partial charge in [0, 0.05) is 18.0 Å². The minimum Gasteiger partial charge on any atom is -0.278 e. The Bertz CT molecular complexity index is 977. The van der Waals surface area contributed by atoms with Crippen LogP contribution in [0.1, 0.15) is 0 Å². The van der Waals surface area contributed by atoms with Crippen LogP contribution in [0.25, 0.3) is 0 Å². The molecule has 0 fully saturated rings. The number of halogens is 3. The van der Waals surface area contributed by atoms with Gasteiger partial charge in [-0.2, -0.15) is 5.10 Å². The van der Waals surface area contributed by atoms with Crippen molar-refractivity contribution in [3.05, 3.63) is 59.9 Å². The first kappa shape index (κ1) is 19.4. The maximum Gasteiger partial charge on any atom is 0.218 e. The molecule has 0 saturated heterocycles. The smallest absolute Gasteiger partial charge is 0.218 e. The van der Waals surface area contributed by atoms with Gasteiger partial charge >= 0.3 is 0 Å². The molecule has 0 spiro atoms. The van der Waals surface area contributed by atoms with Gasteiger partial charge in [0.1, 0.15) is 33.2 Å². The average molecular weight is 409 g/mol. The number of hydrogen-bond donors (Lipinski definition) is 0. The number of carbonyl (C=O) groups excluding carboxylic acids is 1. The van der Waals surface area contributed by atoms with Crippen molar-refractivity contribution in [2.45, 2.75) is 14.9 Å². The molecule has 140 valence electrons. The summed E-state index contributed by atoms with van der Waals surface area (Å²) < 4.78 is 42.3. The molecule has 0 unspecified atom stereocenters. The largest absolute Gasteiger partial charge is 0.278 e. The van der Waals surface area contributed by atoms with E-state index in [1.165, 1.54) is 41.7 Å². The maximum absolute atomic E-state index is 14.3. The Kier molecular flexibility index (Phi) is 5.81. The SMILES string of the molecule is CSc1nn(C)c(Sc2ccc(F)cc2)c1N(C=O)c1ccc(F)cc1F. The van der Waals surface area contributed by atoms with Crippen molar-refractivity contribution in [3.8, 4) is 0 Å². The molecular formula is C18H14F3N3OS2. The number of thioether (sulfide) groups is 1. The van der Waals surface area contributed by atoms with Gasteiger partial charge in [-0.15, -0.1) is 11.8 Å². The highest BCUT2D eigenvalue weighted by atomic mass is 32.2. The molecule has 0 aliphatic rings. The summed E-state index contributed by atoms with van der Waals surface area (Å²) in [5.74, 6) is -1.97. The number of nitrogens with zero attached hydrogens (tertiary/aromatic N) is 3. The maximum atomic E-state index is 14.3. The summed E-state index contributed by atoms with van der Waals surface area (Å²) in [6.07, 6.45) is 2.24. The van der Waals surface area contributed by atoms with E-state index in [1.807, 2.05) is 0 Å². The molecule has 3 rings (SSSR count). The lowest BCUT2D eigenvalue weighted by Gasteiger charge is -2.19. The molecule has 0 N–H and O–H groups in total. The van der Waals surface area contributed by atoms with E-state index in [-0.39, 0.29) is 11.5 Å². The normalized spacial score (nSPS) is 10.9. The van der Waals surface area contributed by atoms with Crippen molar-refractivity contribution in [1.29, 1.82) is 0 Å². The van der Waals surface area contributed by atoms with Crippen LogP contribution >= 0.6 is 23.5 Å². The Hall–Kier alpha value is -2.39. The third-order valence-electron chi connectivity index (χ3n) is 3.68. The molecule has 0 bridgehead atoms. The van der Waals surface area contributed by atoms with Gasteiger partial charge in [-0.1, -0.05) is 11.8 Å². The van der Waals surface area contributed by atoms with Crippen LogP contribution in [0.15, 0.2) is 57.4 Å². The minimum absolute atomic E-state index is 0.0874. The van der Waals surface area contributed by atoms with E-state index in [0.717, 1.165) is 15.9 Å². The fourth-order valence-electron chi connectivity index (χ4n) is 2.45. The summed E-state index contributed by atoms with van der Waals surface area (Å²) in [6.45, 7) is 0. The molecule has 2 aromatic carbocycles. The van der Waals surface area contributed by atoms with Gasteiger partial charge in [-0.05, 0) is 42.7 Å². The summed E-state index contributed by atoms with van der Waals surface area (Å²) in [4.78, 5) is 13.6. The lowest BCUT2D eigenvalue weighted by molar-refractivity contribution is -0.106. The second kappa shape index (κ2) is 8.10. The lowest BCUT2D eigenvalue weighted by Crippen LogP contribution is -2.17. The highest BCUT2D eigenvalue weighted by Gasteiger charge is 2.25. The molecule has 1 amide bonds. The van der Waals surface area contributed by atoms with Crippen molar-refractivity contribution in [1.82, 2.24) is 9.78 Å². The fourth-order valence-corrected chi connectivity index (χ4v) is 4.07. The summed E-state index contributed by atoms with van der Waals surface area (Å²) in [7, 11) is 1.69. The third-order valence-corrected chi connectivity index (χ3v) is 5.50. The van der Waals surface area contributed by atoms with Crippen molar-refractivity contribution in [2.24, 2.45) is 7.05 Å². The topological polar surface area (TPSA) is 38.1 Å². The van der Waals surface area contributed by atoms with Crippen LogP contribution in [-0.2, 0) is 11.8 Å². The number of rotatable bonds is 6. The molecule has 3 aromatic rings. The fraction of sp³-hybridized carbons (Fsp3) is 0.111. The van der Waals surface area contributed by atoms with Crippen molar-refractivity contribution in [2.75, 3.05) is 11.2 Å². The Morgan fingerprint density at radius 1 is 1.07 bits per heavy atom. The zero-order chi connectivity index (χ0) is 19.6. The van der Waals surface area contributed by atoms with Crippen molar-refractivity contribution >= 4 is 41.3 Å². The van der Waals surface area contributed by atoms with Gasteiger partial charge in [-0.25, -0.2) is 13.2 Å². The predicted molar refractivity (Wildman–Crippen MR) is 100 cm³/mol. The Morgan fingerprint density at radius 3 is 2.33 bits per heavy atom. The summed E-state index contributed by atoms with van der Waals surface area (Å²) in [5, 5.41) is 5.43. The van der Waals surface area contributed by atoms with Crippen LogP contribution in [0.2, 0.25) is 0 Å². The quantitative estimate of drug-likeness (QED) is 0.424. The summed E-state index contributed by atoms with van der Waals surface area (Å²) in [5.41, 5.74) is 0.287. The molecule has 27 heavy (non-hydrogen) atoms. The van der Waals surface area contributed by atoms with Crippen molar-refractivity contribution in [3.63, 3.8) is 0 Å². The Balaban J connectivity index is 2.12. The minimum atomic E-state index is -0.865. The molecular weight excluding hydrogens is 395 g/mol. The molecule has 0 atom stereocenters.